The van der Waals surface area contributed by atoms with Crippen LogP contribution < -0.4 is 5.32 Å². The van der Waals surface area contributed by atoms with Gasteiger partial charge in [0.15, 0.2) is 0 Å². The fourth-order valence-corrected chi connectivity index (χ4v) is 3.34. The number of unbranched alkanes of at least 4 members (excludes halogenated alkanes) is 1. The van der Waals surface area contributed by atoms with Crippen molar-refractivity contribution in [2.24, 2.45) is 0 Å². The van der Waals surface area contributed by atoms with Crippen molar-refractivity contribution in [3.8, 4) is 0 Å². The van der Waals surface area contributed by atoms with Gasteiger partial charge in [0.1, 0.15) is 0 Å². The number of benzene rings is 1. The third-order valence-electron chi connectivity index (χ3n) is 2.89. The first-order chi connectivity index (χ1) is 8.86. The highest BCUT2D eigenvalue weighted by Gasteiger charge is 1.99. The van der Waals surface area contributed by atoms with E-state index in [1.54, 1.807) is 11.3 Å². The van der Waals surface area contributed by atoms with Gasteiger partial charge in [-0.05, 0) is 58.7 Å². The standard InChI is InChI=1S/C15H18BrNS/c16-14-9-11-18-15(14)12-17-10-5-4-8-13-6-2-1-3-7-13/h1-3,6-7,9,11,17H,4-5,8,10,12H2. The number of halogens is 1. The Morgan fingerprint density at radius 1 is 1.06 bits per heavy atom. The first-order valence-corrected chi connectivity index (χ1v) is 8.00. The number of thiophene rings is 1. The van der Waals surface area contributed by atoms with E-state index in [4.69, 9.17) is 0 Å². The van der Waals surface area contributed by atoms with E-state index in [0.717, 1.165) is 13.1 Å². The van der Waals surface area contributed by atoms with Gasteiger partial charge in [-0.1, -0.05) is 30.3 Å². The zero-order valence-corrected chi connectivity index (χ0v) is 12.8. The molecule has 2 rings (SSSR count). The molecule has 0 radical (unpaired) electrons. The predicted molar refractivity (Wildman–Crippen MR) is 83.1 cm³/mol. The molecular weight excluding hydrogens is 306 g/mol. The van der Waals surface area contributed by atoms with Gasteiger partial charge in [-0.15, -0.1) is 11.3 Å². The maximum absolute atomic E-state index is 3.55. The summed E-state index contributed by atoms with van der Waals surface area (Å²) in [5, 5.41) is 5.62. The molecule has 0 aliphatic rings. The summed E-state index contributed by atoms with van der Waals surface area (Å²) in [4.78, 5) is 1.39. The lowest BCUT2D eigenvalue weighted by molar-refractivity contribution is 0.626. The molecule has 1 N–H and O–H groups in total. The second-order valence-corrected chi connectivity index (χ2v) is 6.17. The largest absolute Gasteiger partial charge is 0.312 e. The van der Waals surface area contributed by atoms with E-state index >= 15 is 0 Å². The van der Waals surface area contributed by atoms with E-state index in [1.807, 2.05) is 0 Å². The highest BCUT2D eigenvalue weighted by atomic mass is 79.9. The Labute approximate surface area is 121 Å². The molecule has 0 aliphatic carbocycles. The average Bonchev–Trinajstić information content (AvgIpc) is 2.81. The van der Waals surface area contributed by atoms with Gasteiger partial charge in [0.2, 0.25) is 0 Å². The summed E-state index contributed by atoms with van der Waals surface area (Å²) < 4.78 is 1.23. The Morgan fingerprint density at radius 3 is 2.61 bits per heavy atom. The normalized spacial score (nSPS) is 10.7. The minimum Gasteiger partial charge on any atom is -0.312 e. The topological polar surface area (TPSA) is 12.0 Å². The monoisotopic (exact) mass is 323 g/mol. The highest BCUT2D eigenvalue weighted by Crippen LogP contribution is 2.22. The van der Waals surface area contributed by atoms with Crippen molar-refractivity contribution in [1.29, 1.82) is 0 Å². The summed E-state index contributed by atoms with van der Waals surface area (Å²) in [6.45, 7) is 2.07. The van der Waals surface area contributed by atoms with Gasteiger partial charge in [-0.25, -0.2) is 0 Å². The maximum atomic E-state index is 3.55. The number of aryl methyl sites for hydroxylation is 1. The van der Waals surface area contributed by atoms with Gasteiger partial charge < -0.3 is 5.32 Å². The molecule has 1 heterocycles. The summed E-state index contributed by atoms with van der Waals surface area (Å²) in [5.74, 6) is 0. The molecule has 0 aliphatic heterocycles. The molecule has 1 nitrogen and oxygen atoms in total. The van der Waals surface area contributed by atoms with Crippen LogP contribution in [0.15, 0.2) is 46.3 Å². The Balaban J connectivity index is 1.56. The van der Waals surface area contributed by atoms with E-state index in [0.29, 0.717) is 0 Å². The van der Waals surface area contributed by atoms with Gasteiger partial charge >= 0.3 is 0 Å². The van der Waals surface area contributed by atoms with Crippen molar-refractivity contribution in [3.63, 3.8) is 0 Å². The van der Waals surface area contributed by atoms with Gasteiger partial charge in [-0.3, -0.25) is 0 Å². The van der Waals surface area contributed by atoms with Crippen LogP contribution in [0.1, 0.15) is 23.3 Å². The van der Waals surface area contributed by atoms with Gasteiger partial charge in [0.05, 0.1) is 0 Å². The van der Waals surface area contributed by atoms with Crippen LogP contribution in [-0.2, 0) is 13.0 Å². The van der Waals surface area contributed by atoms with E-state index in [2.05, 4.69) is 63.0 Å². The van der Waals surface area contributed by atoms with Crippen LogP contribution in [0.5, 0.6) is 0 Å². The fraction of sp³-hybridized carbons (Fsp3) is 0.333. The smallest absolute Gasteiger partial charge is 0.0327 e. The Hall–Kier alpha value is -0.640. The molecule has 0 amide bonds. The number of rotatable bonds is 7. The zero-order chi connectivity index (χ0) is 12.6. The van der Waals surface area contributed by atoms with Crippen molar-refractivity contribution in [3.05, 3.63) is 56.7 Å². The summed E-state index contributed by atoms with van der Waals surface area (Å²) in [7, 11) is 0. The van der Waals surface area contributed by atoms with Crippen molar-refractivity contribution in [2.75, 3.05) is 6.54 Å². The molecule has 0 fully saturated rings. The van der Waals surface area contributed by atoms with Crippen LogP contribution in [0.25, 0.3) is 0 Å². The third-order valence-corrected chi connectivity index (χ3v) is 4.81. The first kappa shape index (κ1) is 13.8. The molecule has 0 saturated heterocycles. The van der Waals surface area contributed by atoms with Crippen LogP contribution in [0.2, 0.25) is 0 Å². The molecule has 1 aromatic heterocycles. The van der Waals surface area contributed by atoms with Crippen molar-refractivity contribution < 1.29 is 0 Å². The lowest BCUT2D eigenvalue weighted by atomic mass is 10.1. The van der Waals surface area contributed by atoms with Crippen molar-refractivity contribution >= 4 is 27.3 Å². The molecule has 0 bridgehead atoms. The highest BCUT2D eigenvalue weighted by molar-refractivity contribution is 9.10. The molecule has 0 spiro atoms. The molecular formula is C15H18BrNS. The van der Waals surface area contributed by atoms with E-state index in [1.165, 1.54) is 34.2 Å². The zero-order valence-electron chi connectivity index (χ0n) is 10.4. The number of nitrogens with one attached hydrogen (secondary N) is 1. The van der Waals surface area contributed by atoms with Crippen LogP contribution in [-0.4, -0.2) is 6.54 Å². The van der Waals surface area contributed by atoms with Crippen LogP contribution in [0, 0.1) is 0 Å². The fourth-order valence-electron chi connectivity index (χ4n) is 1.88. The lowest BCUT2D eigenvalue weighted by Gasteiger charge is -2.04. The Morgan fingerprint density at radius 2 is 1.89 bits per heavy atom. The summed E-state index contributed by atoms with van der Waals surface area (Å²) in [6.07, 6.45) is 3.67. The number of hydrogen-bond donors (Lipinski definition) is 1. The van der Waals surface area contributed by atoms with Crippen LogP contribution in [0.3, 0.4) is 0 Å². The summed E-state index contributed by atoms with van der Waals surface area (Å²) in [5.41, 5.74) is 1.44. The average molecular weight is 324 g/mol. The predicted octanol–water partition coefficient (Wildman–Crippen LogP) is 4.62. The molecule has 3 heteroatoms. The van der Waals surface area contributed by atoms with Crippen molar-refractivity contribution in [2.45, 2.75) is 25.8 Å². The van der Waals surface area contributed by atoms with Gasteiger partial charge in [0.25, 0.3) is 0 Å². The molecule has 2 aromatic rings. The Kier molecular flexibility index (Phi) is 5.91. The summed E-state index contributed by atoms with van der Waals surface area (Å²) in [6, 6.07) is 12.8. The number of hydrogen-bond acceptors (Lipinski definition) is 2. The molecule has 18 heavy (non-hydrogen) atoms. The van der Waals surface area contributed by atoms with Crippen LogP contribution in [0.4, 0.5) is 0 Å². The second-order valence-electron chi connectivity index (χ2n) is 4.31. The quantitative estimate of drug-likeness (QED) is 0.733. The minimum atomic E-state index is 0.976. The van der Waals surface area contributed by atoms with Crippen molar-refractivity contribution in [1.82, 2.24) is 5.32 Å². The second kappa shape index (κ2) is 7.72. The molecule has 0 atom stereocenters. The lowest BCUT2D eigenvalue weighted by Crippen LogP contribution is -2.14. The molecule has 96 valence electrons. The minimum absolute atomic E-state index is 0.976. The molecule has 1 aromatic carbocycles. The van der Waals surface area contributed by atoms with Gasteiger partial charge in [0, 0.05) is 15.9 Å². The van der Waals surface area contributed by atoms with Crippen LogP contribution >= 0.6 is 27.3 Å². The summed E-state index contributed by atoms with van der Waals surface area (Å²) >= 11 is 5.35. The molecule has 0 saturated carbocycles. The first-order valence-electron chi connectivity index (χ1n) is 6.33. The van der Waals surface area contributed by atoms with Gasteiger partial charge in [-0.2, -0.15) is 0 Å². The Bertz CT molecular complexity index is 453. The van der Waals surface area contributed by atoms with E-state index < -0.39 is 0 Å². The van der Waals surface area contributed by atoms with E-state index in [9.17, 15) is 0 Å². The SMILES string of the molecule is Brc1ccsc1CNCCCCc1ccccc1. The third kappa shape index (κ3) is 4.56. The maximum Gasteiger partial charge on any atom is 0.0327 e. The molecule has 0 unspecified atom stereocenters. The van der Waals surface area contributed by atoms with E-state index in [-0.39, 0.29) is 0 Å².